The summed E-state index contributed by atoms with van der Waals surface area (Å²) in [7, 11) is 0. The molecule has 1 aromatic rings. The summed E-state index contributed by atoms with van der Waals surface area (Å²) in [6.45, 7) is 5.56. The minimum absolute atomic E-state index is 0. The number of carbonyl (C=O) groups excluding carboxylic acids is 1. The summed E-state index contributed by atoms with van der Waals surface area (Å²) in [6.07, 6.45) is 3.37. The average molecular weight is 327 g/mol. The molecule has 0 aromatic heterocycles. The summed E-state index contributed by atoms with van der Waals surface area (Å²) in [5.41, 5.74) is 6.37. The first-order chi connectivity index (χ1) is 10.1. The van der Waals surface area contributed by atoms with Crippen molar-refractivity contribution in [3.63, 3.8) is 0 Å². The van der Waals surface area contributed by atoms with Gasteiger partial charge in [-0.2, -0.15) is 0 Å². The summed E-state index contributed by atoms with van der Waals surface area (Å²) in [5.74, 6) is 1.96. The lowest BCUT2D eigenvalue weighted by atomic mass is 10.1. The molecule has 2 rings (SSSR count). The zero-order chi connectivity index (χ0) is 15.2. The molecule has 4 nitrogen and oxygen atoms in total. The number of rotatable bonds is 8. The van der Waals surface area contributed by atoms with Crippen LogP contribution in [0.15, 0.2) is 24.3 Å². The van der Waals surface area contributed by atoms with Gasteiger partial charge >= 0.3 is 0 Å². The Kier molecular flexibility index (Phi) is 7.69. The Bertz CT molecular complexity index is 458. The lowest BCUT2D eigenvalue weighted by molar-refractivity contribution is 0.0933. The first kappa shape index (κ1) is 18.8. The standard InChI is InChI=1S/C17H26N2O2.ClH/c1-12(2)9-10-21-15-7-5-14(6-8-15)17(20)19-16(11-18)13-3-4-13;/h5-8,12-13,16H,3-4,9-11,18H2,1-2H3,(H,19,20);1H. The molecule has 1 aliphatic carbocycles. The van der Waals surface area contributed by atoms with Crippen LogP contribution in [0.3, 0.4) is 0 Å². The Balaban J connectivity index is 0.00000242. The van der Waals surface area contributed by atoms with Gasteiger partial charge in [-0.15, -0.1) is 12.4 Å². The van der Waals surface area contributed by atoms with Gasteiger partial charge in [-0.3, -0.25) is 4.79 Å². The van der Waals surface area contributed by atoms with Crippen LogP contribution in [0.4, 0.5) is 0 Å². The van der Waals surface area contributed by atoms with E-state index in [4.69, 9.17) is 10.5 Å². The first-order valence-corrected chi connectivity index (χ1v) is 7.84. The highest BCUT2D eigenvalue weighted by molar-refractivity contribution is 5.94. The van der Waals surface area contributed by atoms with Crippen LogP contribution in [0.2, 0.25) is 0 Å². The van der Waals surface area contributed by atoms with Gasteiger partial charge in [-0.05, 0) is 55.4 Å². The average Bonchev–Trinajstić information content (AvgIpc) is 3.29. The maximum Gasteiger partial charge on any atom is 0.251 e. The fraction of sp³-hybridized carbons (Fsp3) is 0.588. The minimum Gasteiger partial charge on any atom is -0.494 e. The summed E-state index contributed by atoms with van der Waals surface area (Å²) < 4.78 is 5.65. The largest absolute Gasteiger partial charge is 0.494 e. The molecule has 1 atom stereocenters. The van der Waals surface area contributed by atoms with Crippen molar-refractivity contribution in [2.45, 2.75) is 39.2 Å². The summed E-state index contributed by atoms with van der Waals surface area (Å²) in [6, 6.07) is 7.42. The lowest BCUT2D eigenvalue weighted by Gasteiger charge is -2.16. The summed E-state index contributed by atoms with van der Waals surface area (Å²) in [4.78, 5) is 12.2. The summed E-state index contributed by atoms with van der Waals surface area (Å²) >= 11 is 0. The number of halogens is 1. The Morgan fingerprint density at radius 3 is 2.45 bits per heavy atom. The number of amides is 1. The second-order valence-electron chi connectivity index (χ2n) is 6.21. The highest BCUT2D eigenvalue weighted by Crippen LogP contribution is 2.32. The van der Waals surface area contributed by atoms with E-state index in [1.165, 1.54) is 12.8 Å². The van der Waals surface area contributed by atoms with Crippen molar-refractivity contribution in [2.24, 2.45) is 17.6 Å². The Morgan fingerprint density at radius 1 is 1.32 bits per heavy atom. The second kappa shape index (κ2) is 9.01. The maximum atomic E-state index is 12.2. The Morgan fingerprint density at radius 2 is 1.95 bits per heavy atom. The van der Waals surface area contributed by atoms with Crippen molar-refractivity contribution in [1.82, 2.24) is 5.32 Å². The molecule has 1 unspecified atom stereocenters. The van der Waals surface area contributed by atoms with E-state index in [1.807, 2.05) is 12.1 Å². The van der Waals surface area contributed by atoms with Crippen molar-refractivity contribution in [3.8, 4) is 5.75 Å². The van der Waals surface area contributed by atoms with Crippen LogP contribution in [0.1, 0.15) is 43.5 Å². The Hall–Kier alpha value is -1.26. The van der Waals surface area contributed by atoms with Gasteiger partial charge in [0.1, 0.15) is 5.75 Å². The van der Waals surface area contributed by atoms with Gasteiger partial charge in [-0.1, -0.05) is 13.8 Å². The van der Waals surface area contributed by atoms with Crippen molar-refractivity contribution >= 4 is 18.3 Å². The molecular formula is C17H27ClN2O2. The van der Waals surface area contributed by atoms with E-state index in [1.54, 1.807) is 12.1 Å². The first-order valence-electron chi connectivity index (χ1n) is 7.84. The maximum absolute atomic E-state index is 12.2. The van der Waals surface area contributed by atoms with E-state index in [9.17, 15) is 4.79 Å². The fourth-order valence-corrected chi connectivity index (χ4v) is 2.23. The minimum atomic E-state index is -0.0499. The van der Waals surface area contributed by atoms with Gasteiger partial charge in [0.15, 0.2) is 0 Å². The second-order valence-corrected chi connectivity index (χ2v) is 6.21. The third kappa shape index (κ3) is 5.85. The lowest BCUT2D eigenvalue weighted by Crippen LogP contribution is -2.41. The zero-order valence-corrected chi connectivity index (χ0v) is 14.2. The summed E-state index contributed by atoms with van der Waals surface area (Å²) in [5, 5.41) is 3.02. The van der Waals surface area contributed by atoms with Gasteiger partial charge in [0, 0.05) is 18.2 Å². The van der Waals surface area contributed by atoms with Gasteiger partial charge in [0.2, 0.25) is 0 Å². The van der Waals surface area contributed by atoms with E-state index in [2.05, 4.69) is 19.2 Å². The van der Waals surface area contributed by atoms with E-state index in [-0.39, 0.29) is 24.4 Å². The quantitative estimate of drug-likeness (QED) is 0.772. The number of benzene rings is 1. The Labute approximate surface area is 139 Å². The van der Waals surface area contributed by atoms with Crippen LogP contribution in [0.5, 0.6) is 5.75 Å². The van der Waals surface area contributed by atoms with Crippen LogP contribution in [0.25, 0.3) is 0 Å². The molecule has 5 heteroatoms. The third-order valence-corrected chi connectivity index (χ3v) is 3.84. The molecule has 1 fully saturated rings. The molecule has 0 bridgehead atoms. The monoisotopic (exact) mass is 326 g/mol. The molecule has 0 radical (unpaired) electrons. The van der Waals surface area contributed by atoms with E-state index in [0.29, 0.717) is 30.6 Å². The molecule has 0 aliphatic heterocycles. The molecule has 1 aromatic carbocycles. The number of nitrogens with one attached hydrogen (secondary N) is 1. The molecule has 0 saturated heterocycles. The molecule has 1 aliphatic rings. The van der Waals surface area contributed by atoms with Crippen LogP contribution in [-0.2, 0) is 0 Å². The van der Waals surface area contributed by atoms with Crippen LogP contribution >= 0.6 is 12.4 Å². The van der Waals surface area contributed by atoms with Crippen molar-refractivity contribution in [2.75, 3.05) is 13.2 Å². The molecular weight excluding hydrogens is 300 g/mol. The third-order valence-electron chi connectivity index (χ3n) is 3.84. The van der Waals surface area contributed by atoms with Crippen molar-refractivity contribution in [1.29, 1.82) is 0 Å². The molecule has 0 spiro atoms. The SMILES string of the molecule is CC(C)CCOc1ccc(C(=O)NC(CN)C2CC2)cc1.Cl. The van der Waals surface area contributed by atoms with E-state index < -0.39 is 0 Å². The van der Waals surface area contributed by atoms with Gasteiger partial charge in [0.25, 0.3) is 5.91 Å². The number of hydrogen-bond acceptors (Lipinski definition) is 3. The molecule has 22 heavy (non-hydrogen) atoms. The molecule has 0 heterocycles. The predicted molar refractivity (Wildman–Crippen MR) is 91.7 cm³/mol. The number of hydrogen-bond donors (Lipinski definition) is 2. The highest BCUT2D eigenvalue weighted by Gasteiger charge is 2.31. The molecule has 124 valence electrons. The van der Waals surface area contributed by atoms with Crippen LogP contribution < -0.4 is 15.8 Å². The number of carbonyl (C=O) groups is 1. The molecule has 1 amide bonds. The van der Waals surface area contributed by atoms with E-state index >= 15 is 0 Å². The van der Waals surface area contributed by atoms with Gasteiger partial charge in [-0.25, -0.2) is 0 Å². The normalized spacial score (nSPS) is 15.1. The predicted octanol–water partition coefficient (Wildman–Crippen LogP) is 3.00. The number of nitrogens with two attached hydrogens (primary N) is 1. The molecule has 1 saturated carbocycles. The van der Waals surface area contributed by atoms with Crippen LogP contribution in [-0.4, -0.2) is 25.1 Å². The van der Waals surface area contributed by atoms with Crippen molar-refractivity contribution < 1.29 is 9.53 Å². The topological polar surface area (TPSA) is 64.3 Å². The van der Waals surface area contributed by atoms with Crippen molar-refractivity contribution in [3.05, 3.63) is 29.8 Å². The van der Waals surface area contributed by atoms with E-state index in [0.717, 1.165) is 12.2 Å². The molecule has 3 N–H and O–H groups in total. The van der Waals surface area contributed by atoms with Gasteiger partial charge < -0.3 is 15.8 Å². The number of ether oxygens (including phenoxy) is 1. The van der Waals surface area contributed by atoms with Gasteiger partial charge in [0.05, 0.1) is 6.61 Å². The smallest absolute Gasteiger partial charge is 0.251 e. The van der Waals surface area contributed by atoms with Crippen LogP contribution in [0, 0.1) is 11.8 Å². The zero-order valence-electron chi connectivity index (χ0n) is 13.4. The highest BCUT2D eigenvalue weighted by atomic mass is 35.5. The fourth-order valence-electron chi connectivity index (χ4n) is 2.23.